The van der Waals surface area contributed by atoms with Gasteiger partial charge < -0.3 is 10.3 Å². The van der Waals surface area contributed by atoms with Crippen molar-refractivity contribution in [3.8, 4) is 0 Å². The summed E-state index contributed by atoms with van der Waals surface area (Å²) >= 11 is 0. The quantitative estimate of drug-likeness (QED) is 0.838. The number of nitrogens with zero attached hydrogens (tertiary/aromatic N) is 1. The molecule has 2 aromatic rings. The number of benzene rings is 1. The maximum Gasteiger partial charge on any atom is 0.223 e. The van der Waals surface area contributed by atoms with Gasteiger partial charge in [-0.15, -0.1) is 0 Å². The molecule has 4 heteroatoms. The average Bonchev–Trinajstić information content (AvgIpc) is 2.90. The minimum atomic E-state index is 0.149. The number of hydrogen-bond acceptors (Lipinski definition) is 2. The predicted molar refractivity (Wildman–Crippen MR) is 79.3 cm³/mol. The first-order chi connectivity index (χ1) is 9.83. The summed E-state index contributed by atoms with van der Waals surface area (Å²) in [5, 5.41) is 3.01. The van der Waals surface area contributed by atoms with Crippen LogP contribution in [0, 0.1) is 5.92 Å². The van der Waals surface area contributed by atoms with Crippen molar-refractivity contribution in [3.05, 3.63) is 42.2 Å². The Labute approximate surface area is 118 Å². The first kappa shape index (κ1) is 12.9. The van der Waals surface area contributed by atoms with E-state index in [-0.39, 0.29) is 11.8 Å². The van der Waals surface area contributed by atoms with Crippen LogP contribution >= 0.6 is 0 Å². The minimum Gasteiger partial charge on any atom is -0.355 e. The zero-order valence-electron chi connectivity index (χ0n) is 11.4. The number of H-pyrrole nitrogens is 1. The highest BCUT2D eigenvalue weighted by Gasteiger charge is 2.17. The van der Waals surface area contributed by atoms with Crippen LogP contribution in [0.15, 0.2) is 36.4 Å². The molecule has 0 spiro atoms. The molecule has 1 aliphatic rings. The normalized spacial score (nSPS) is 18.3. The van der Waals surface area contributed by atoms with Crippen molar-refractivity contribution in [3.63, 3.8) is 0 Å². The topological polar surface area (TPSA) is 57.8 Å². The van der Waals surface area contributed by atoms with E-state index in [0.29, 0.717) is 6.54 Å². The SMILES string of the molecule is O=C(NCCc1nc2ccccc2[nH]1)C1CC=CCC1. The first-order valence-corrected chi connectivity index (χ1v) is 7.19. The number of rotatable bonds is 4. The van der Waals surface area contributed by atoms with Crippen LogP contribution in [0.25, 0.3) is 11.0 Å². The molecule has 2 N–H and O–H groups in total. The Morgan fingerprint density at radius 2 is 2.25 bits per heavy atom. The van der Waals surface area contributed by atoms with Crippen LogP contribution in [0.4, 0.5) is 0 Å². The van der Waals surface area contributed by atoms with Gasteiger partial charge in [0.05, 0.1) is 11.0 Å². The van der Waals surface area contributed by atoms with Gasteiger partial charge in [-0.3, -0.25) is 4.79 Å². The molecule has 0 saturated heterocycles. The second kappa shape index (κ2) is 5.90. The molecular formula is C16H19N3O. The van der Waals surface area contributed by atoms with Crippen LogP contribution in [-0.2, 0) is 11.2 Å². The van der Waals surface area contributed by atoms with Gasteiger partial charge in [-0.2, -0.15) is 0 Å². The molecule has 1 amide bonds. The Morgan fingerprint density at radius 1 is 1.35 bits per heavy atom. The molecule has 0 saturated carbocycles. The van der Waals surface area contributed by atoms with Gasteiger partial charge in [-0.25, -0.2) is 4.98 Å². The third kappa shape index (κ3) is 2.90. The highest BCUT2D eigenvalue weighted by molar-refractivity contribution is 5.79. The Kier molecular flexibility index (Phi) is 3.81. The van der Waals surface area contributed by atoms with E-state index in [0.717, 1.165) is 42.5 Å². The summed E-state index contributed by atoms with van der Waals surface area (Å²) in [5.74, 6) is 1.25. The maximum atomic E-state index is 12.0. The number of aromatic nitrogens is 2. The zero-order valence-corrected chi connectivity index (χ0v) is 11.4. The molecule has 1 aromatic heterocycles. The number of imidazole rings is 1. The van der Waals surface area contributed by atoms with Crippen LogP contribution in [0.3, 0.4) is 0 Å². The number of amides is 1. The van der Waals surface area contributed by atoms with Crippen molar-refractivity contribution in [2.24, 2.45) is 5.92 Å². The smallest absolute Gasteiger partial charge is 0.223 e. The molecule has 1 aliphatic carbocycles. The lowest BCUT2D eigenvalue weighted by molar-refractivity contribution is -0.125. The van der Waals surface area contributed by atoms with E-state index >= 15 is 0 Å². The Morgan fingerprint density at radius 3 is 3.05 bits per heavy atom. The van der Waals surface area contributed by atoms with Gasteiger partial charge in [0.1, 0.15) is 5.82 Å². The number of carbonyl (C=O) groups excluding carboxylic acids is 1. The van der Waals surface area contributed by atoms with Crippen LogP contribution in [0.1, 0.15) is 25.1 Å². The van der Waals surface area contributed by atoms with Gasteiger partial charge in [0.15, 0.2) is 0 Å². The van der Waals surface area contributed by atoms with E-state index in [1.165, 1.54) is 0 Å². The van der Waals surface area contributed by atoms with Crippen molar-refractivity contribution >= 4 is 16.9 Å². The molecule has 0 bridgehead atoms. The molecule has 0 aliphatic heterocycles. The summed E-state index contributed by atoms with van der Waals surface area (Å²) in [6.07, 6.45) is 7.85. The number of allylic oxidation sites excluding steroid dienone is 2. The molecule has 0 fully saturated rings. The largest absolute Gasteiger partial charge is 0.355 e. The van der Waals surface area contributed by atoms with Gasteiger partial charge in [-0.05, 0) is 31.4 Å². The van der Waals surface area contributed by atoms with Crippen molar-refractivity contribution in [2.45, 2.75) is 25.7 Å². The lowest BCUT2D eigenvalue weighted by atomic mass is 9.94. The van der Waals surface area contributed by atoms with E-state index < -0.39 is 0 Å². The number of carbonyl (C=O) groups is 1. The fourth-order valence-corrected chi connectivity index (χ4v) is 2.60. The summed E-state index contributed by atoms with van der Waals surface area (Å²) in [6.45, 7) is 0.638. The zero-order chi connectivity index (χ0) is 13.8. The minimum absolute atomic E-state index is 0.149. The Balaban J connectivity index is 1.52. The highest BCUT2D eigenvalue weighted by atomic mass is 16.1. The van der Waals surface area contributed by atoms with Crippen LogP contribution in [-0.4, -0.2) is 22.4 Å². The second-order valence-electron chi connectivity index (χ2n) is 5.22. The van der Waals surface area contributed by atoms with Gasteiger partial charge in [0.25, 0.3) is 0 Å². The van der Waals surface area contributed by atoms with Gasteiger partial charge in [0.2, 0.25) is 5.91 Å². The predicted octanol–water partition coefficient (Wildman–Crippen LogP) is 2.58. The van der Waals surface area contributed by atoms with Gasteiger partial charge in [-0.1, -0.05) is 24.3 Å². The number of nitrogens with one attached hydrogen (secondary N) is 2. The number of para-hydroxylation sites is 2. The fourth-order valence-electron chi connectivity index (χ4n) is 2.60. The van der Waals surface area contributed by atoms with E-state index in [1.54, 1.807) is 0 Å². The number of aromatic amines is 1. The molecule has 104 valence electrons. The average molecular weight is 269 g/mol. The van der Waals surface area contributed by atoms with Crippen LogP contribution < -0.4 is 5.32 Å². The van der Waals surface area contributed by atoms with E-state index in [2.05, 4.69) is 27.4 Å². The third-order valence-electron chi connectivity index (χ3n) is 3.74. The van der Waals surface area contributed by atoms with Crippen molar-refractivity contribution in [1.29, 1.82) is 0 Å². The molecule has 0 radical (unpaired) electrons. The summed E-state index contributed by atoms with van der Waals surface area (Å²) < 4.78 is 0. The molecule has 1 atom stereocenters. The monoisotopic (exact) mass is 269 g/mol. The number of fused-ring (bicyclic) bond motifs is 1. The fraction of sp³-hybridized carbons (Fsp3) is 0.375. The summed E-state index contributed by atoms with van der Waals surface area (Å²) in [5.41, 5.74) is 2.03. The molecule has 1 heterocycles. The van der Waals surface area contributed by atoms with E-state index in [1.807, 2.05) is 24.3 Å². The van der Waals surface area contributed by atoms with Gasteiger partial charge in [0, 0.05) is 18.9 Å². The van der Waals surface area contributed by atoms with E-state index in [9.17, 15) is 4.79 Å². The molecule has 4 nitrogen and oxygen atoms in total. The molecule has 3 rings (SSSR count). The first-order valence-electron chi connectivity index (χ1n) is 7.19. The molecule has 1 aromatic carbocycles. The van der Waals surface area contributed by atoms with Gasteiger partial charge >= 0.3 is 0 Å². The summed E-state index contributed by atoms with van der Waals surface area (Å²) in [6, 6.07) is 7.97. The van der Waals surface area contributed by atoms with Crippen molar-refractivity contribution < 1.29 is 4.79 Å². The third-order valence-corrected chi connectivity index (χ3v) is 3.74. The summed E-state index contributed by atoms with van der Waals surface area (Å²) in [7, 11) is 0. The lowest BCUT2D eigenvalue weighted by Crippen LogP contribution is -2.32. The molecular weight excluding hydrogens is 250 g/mol. The van der Waals surface area contributed by atoms with Crippen LogP contribution in [0.5, 0.6) is 0 Å². The lowest BCUT2D eigenvalue weighted by Gasteiger charge is -2.16. The summed E-state index contributed by atoms with van der Waals surface area (Å²) in [4.78, 5) is 19.8. The Bertz CT molecular complexity index is 596. The standard InChI is InChI=1S/C16H19N3O/c20-16(12-6-2-1-3-7-12)17-11-10-15-18-13-8-4-5-9-14(13)19-15/h1-2,4-5,8-9,12H,3,6-7,10-11H2,(H,17,20)(H,18,19). The van der Waals surface area contributed by atoms with Crippen molar-refractivity contribution in [1.82, 2.24) is 15.3 Å². The van der Waals surface area contributed by atoms with E-state index in [4.69, 9.17) is 0 Å². The van der Waals surface area contributed by atoms with Crippen LogP contribution in [0.2, 0.25) is 0 Å². The maximum absolute atomic E-state index is 12.0. The molecule has 1 unspecified atom stereocenters. The highest BCUT2D eigenvalue weighted by Crippen LogP contribution is 2.18. The van der Waals surface area contributed by atoms with Crippen molar-refractivity contribution in [2.75, 3.05) is 6.54 Å². The molecule has 20 heavy (non-hydrogen) atoms. The number of hydrogen-bond donors (Lipinski definition) is 2. The Hall–Kier alpha value is -2.10. The second-order valence-corrected chi connectivity index (χ2v) is 5.22.